The van der Waals surface area contributed by atoms with Crippen LogP contribution in [0, 0.1) is 17.6 Å². The van der Waals surface area contributed by atoms with Gasteiger partial charge in [0.2, 0.25) is 0 Å². The summed E-state index contributed by atoms with van der Waals surface area (Å²) >= 11 is 0. The van der Waals surface area contributed by atoms with Crippen LogP contribution >= 0.6 is 0 Å². The van der Waals surface area contributed by atoms with E-state index in [9.17, 15) is 8.78 Å². The van der Waals surface area contributed by atoms with Crippen LogP contribution in [0.15, 0.2) is 35.6 Å². The van der Waals surface area contributed by atoms with Crippen molar-refractivity contribution in [1.82, 2.24) is 20.0 Å². The van der Waals surface area contributed by atoms with E-state index < -0.39 is 11.6 Å². The van der Waals surface area contributed by atoms with Crippen molar-refractivity contribution >= 4 is 5.96 Å². The van der Waals surface area contributed by atoms with Crippen molar-refractivity contribution in [1.29, 1.82) is 0 Å². The number of guanidine groups is 1. The van der Waals surface area contributed by atoms with Crippen molar-refractivity contribution in [3.05, 3.63) is 53.4 Å². The van der Waals surface area contributed by atoms with Crippen LogP contribution in [0.4, 0.5) is 8.78 Å². The molecule has 5 nitrogen and oxygen atoms in total. The van der Waals surface area contributed by atoms with Crippen LogP contribution in [0.2, 0.25) is 0 Å². The van der Waals surface area contributed by atoms with Crippen LogP contribution in [-0.4, -0.2) is 47.3 Å². The van der Waals surface area contributed by atoms with E-state index in [1.165, 1.54) is 17.7 Å². The van der Waals surface area contributed by atoms with Crippen LogP contribution < -0.4 is 5.32 Å². The molecule has 1 aromatic heterocycles. The molecule has 1 N–H and O–H groups in total. The molecule has 1 saturated heterocycles. The van der Waals surface area contributed by atoms with Gasteiger partial charge in [-0.15, -0.1) is 0 Å². The minimum absolute atomic E-state index is 0.0469. The number of hydrogen-bond donors (Lipinski definition) is 1. The maximum Gasteiger partial charge on any atom is 0.193 e. The lowest BCUT2D eigenvalue weighted by atomic mass is 10.0. The van der Waals surface area contributed by atoms with Crippen molar-refractivity contribution < 1.29 is 8.78 Å². The Kier molecular flexibility index (Phi) is 6.08. The zero-order valence-corrected chi connectivity index (χ0v) is 16.1. The molecule has 146 valence electrons. The highest BCUT2D eigenvalue weighted by molar-refractivity contribution is 5.80. The molecule has 0 spiro atoms. The lowest BCUT2D eigenvalue weighted by Gasteiger charge is -2.23. The molecule has 0 radical (unpaired) electrons. The number of aromatic nitrogens is 2. The SMILES string of the molecule is CN=C(NCC(C)c1ccc(F)c(F)c1)N1CCC(Cc2cnn(C)c2)C1. The van der Waals surface area contributed by atoms with Gasteiger partial charge in [0, 0.05) is 39.9 Å². The fourth-order valence-corrected chi connectivity index (χ4v) is 3.62. The van der Waals surface area contributed by atoms with Gasteiger partial charge in [0.05, 0.1) is 6.20 Å². The Hall–Kier alpha value is -2.44. The Balaban J connectivity index is 1.52. The van der Waals surface area contributed by atoms with Gasteiger partial charge in [0.25, 0.3) is 0 Å². The molecule has 7 heteroatoms. The van der Waals surface area contributed by atoms with Gasteiger partial charge in [-0.2, -0.15) is 5.10 Å². The highest BCUT2D eigenvalue weighted by Crippen LogP contribution is 2.21. The molecule has 1 fully saturated rings. The Bertz CT molecular complexity index is 801. The fourth-order valence-electron chi connectivity index (χ4n) is 3.62. The second-order valence-corrected chi connectivity index (χ2v) is 7.33. The Morgan fingerprint density at radius 3 is 2.85 bits per heavy atom. The van der Waals surface area contributed by atoms with Crippen LogP contribution in [0.3, 0.4) is 0 Å². The van der Waals surface area contributed by atoms with Crippen molar-refractivity contribution in [2.75, 3.05) is 26.7 Å². The zero-order valence-electron chi connectivity index (χ0n) is 16.1. The molecule has 0 bridgehead atoms. The number of halogens is 2. The lowest BCUT2D eigenvalue weighted by molar-refractivity contribution is 0.457. The summed E-state index contributed by atoms with van der Waals surface area (Å²) in [7, 11) is 3.71. The summed E-state index contributed by atoms with van der Waals surface area (Å²) in [6.07, 6.45) is 6.14. The zero-order chi connectivity index (χ0) is 19.4. The number of hydrogen-bond acceptors (Lipinski definition) is 2. The van der Waals surface area contributed by atoms with Gasteiger partial charge in [-0.05, 0) is 47.9 Å². The molecule has 0 amide bonds. The first-order valence-electron chi connectivity index (χ1n) is 9.34. The fraction of sp³-hybridized carbons (Fsp3) is 0.500. The predicted octanol–water partition coefficient (Wildman–Crippen LogP) is 2.94. The monoisotopic (exact) mass is 375 g/mol. The summed E-state index contributed by atoms with van der Waals surface area (Å²) < 4.78 is 28.4. The highest BCUT2D eigenvalue weighted by atomic mass is 19.2. The summed E-state index contributed by atoms with van der Waals surface area (Å²) in [4.78, 5) is 6.66. The van der Waals surface area contributed by atoms with Gasteiger partial charge >= 0.3 is 0 Å². The molecule has 0 saturated carbocycles. The largest absolute Gasteiger partial charge is 0.356 e. The summed E-state index contributed by atoms with van der Waals surface area (Å²) in [6.45, 7) is 4.52. The lowest BCUT2D eigenvalue weighted by Crippen LogP contribution is -2.41. The van der Waals surface area contributed by atoms with Crippen molar-refractivity contribution in [3.8, 4) is 0 Å². The Morgan fingerprint density at radius 2 is 2.19 bits per heavy atom. The number of benzene rings is 1. The normalized spacial score (nSPS) is 18.8. The standard InChI is InChI=1S/C20H27F2N5/c1-14(17-4-5-18(21)19(22)9-17)10-24-20(23-2)27-7-6-15(13-27)8-16-11-25-26(3)12-16/h4-5,9,11-12,14-15H,6-8,10,13H2,1-3H3,(H,23,24). The highest BCUT2D eigenvalue weighted by Gasteiger charge is 2.25. The van der Waals surface area contributed by atoms with E-state index in [-0.39, 0.29) is 5.92 Å². The molecule has 2 unspecified atom stereocenters. The first kappa shape index (κ1) is 19.3. The maximum atomic E-state index is 13.4. The average Bonchev–Trinajstić information content (AvgIpc) is 3.27. The number of nitrogens with zero attached hydrogens (tertiary/aromatic N) is 4. The van der Waals surface area contributed by atoms with Gasteiger partial charge in [0.1, 0.15) is 0 Å². The molecule has 27 heavy (non-hydrogen) atoms. The minimum atomic E-state index is -0.813. The Labute approximate surface area is 159 Å². The van der Waals surface area contributed by atoms with Crippen LogP contribution in [-0.2, 0) is 13.5 Å². The van der Waals surface area contributed by atoms with Gasteiger partial charge in [-0.3, -0.25) is 9.67 Å². The topological polar surface area (TPSA) is 45.5 Å². The van der Waals surface area contributed by atoms with E-state index in [1.54, 1.807) is 13.1 Å². The smallest absolute Gasteiger partial charge is 0.193 e. The van der Waals surface area contributed by atoms with Crippen LogP contribution in [0.5, 0.6) is 0 Å². The van der Waals surface area contributed by atoms with Gasteiger partial charge in [-0.25, -0.2) is 8.78 Å². The molecule has 3 rings (SSSR count). The predicted molar refractivity (Wildman–Crippen MR) is 103 cm³/mol. The first-order valence-corrected chi connectivity index (χ1v) is 9.34. The molecular formula is C20H27F2N5. The van der Waals surface area contributed by atoms with Crippen molar-refractivity contribution in [3.63, 3.8) is 0 Å². The van der Waals surface area contributed by atoms with Crippen LogP contribution in [0.1, 0.15) is 30.4 Å². The molecule has 1 aliphatic rings. The second-order valence-electron chi connectivity index (χ2n) is 7.33. The number of aliphatic imine (C=N–C) groups is 1. The number of likely N-dealkylation sites (tertiary alicyclic amines) is 1. The molecule has 2 atom stereocenters. The van der Waals surface area contributed by atoms with E-state index in [0.29, 0.717) is 12.5 Å². The quantitative estimate of drug-likeness (QED) is 0.646. The summed E-state index contributed by atoms with van der Waals surface area (Å²) in [5, 5.41) is 7.61. The van der Waals surface area contributed by atoms with E-state index in [0.717, 1.165) is 37.5 Å². The van der Waals surface area contributed by atoms with E-state index >= 15 is 0 Å². The van der Waals surface area contributed by atoms with Crippen molar-refractivity contribution in [2.45, 2.75) is 25.7 Å². The average molecular weight is 375 g/mol. The van der Waals surface area contributed by atoms with Gasteiger partial charge in [0.15, 0.2) is 17.6 Å². The third kappa shape index (κ3) is 4.84. The number of nitrogens with one attached hydrogen (secondary N) is 1. The van der Waals surface area contributed by atoms with Gasteiger partial charge in [-0.1, -0.05) is 13.0 Å². The van der Waals surface area contributed by atoms with Crippen molar-refractivity contribution in [2.24, 2.45) is 18.0 Å². The number of aryl methyl sites for hydroxylation is 1. The first-order chi connectivity index (χ1) is 13.0. The minimum Gasteiger partial charge on any atom is -0.356 e. The van der Waals surface area contributed by atoms with Crippen LogP contribution in [0.25, 0.3) is 0 Å². The molecule has 1 aliphatic heterocycles. The second kappa shape index (κ2) is 8.50. The third-order valence-electron chi connectivity index (χ3n) is 5.16. The summed E-state index contributed by atoms with van der Waals surface area (Å²) in [5.74, 6) is -0.131. The van der Waals surface area contributed by atoms with Gasteiger partial charge < -0.3 is 10.2 Å². The van der Waals surface area contributed by atoms with E-state index in [2.05, 4.69) is 26.5 Å². The third-order valence-corrected chi connectivity index (χ3v) is 5.16. The van der Waals surface area contributed by atoms with E-state index in [4.69, 9.17) is 0 Å². The number of rotatable bonds is 5. The molecule has 2 aromatic rings. The molecular weight excluding hydrogens is 348 g/mol. The molecule has 0 aliphatic carbocycles. The molecule has 1 aromatic carbocycles. The summed E-state index contributed by atoms with van der Waals surface area (Å²) in [5.41, 5.74) is 2.03. The molecule has 2 heterocycles. The summed E-state index contributed by atoms with van der Waals surface area (Å²) in [6, 6.07) is 4.08. The van der Waals surface area contributed by atoms with E-state index in [1.807, 2.05) is 24.9 Å². The maximum absolute atomic E-state index is 13.4. The Morgan fingerprint density at radius 1 is 1.37 bits per heavy atom.